The number of nitrogens with zero attached hydrogens (tertiary/aromatic N) is 2. The first-order chi connectivity index (χ1) is 31.5. The van der Waals surface area contributed by atoms with Crippen molar-refractivity contribution in [2.45, 2.75) is 19.3 Å². The molecule has 13 rings (SSSR count). The average Bonchev–Trinajstić information content (AvgIpc) is 3.97. The third-order valence-electron chi connectivity index (χ3n) is 13.8. The van der Waals surface area contributed by atoms with Gasteiger partial charge in [0, 0.05) is 55.3 Å². The highest BCUT2D eigenvalue weighted by atomic mass is 16.3. The molecule has 0 saturated heterocycles. The number of para-hydroxylation sites is 4. The van der Waals surface area contributed by atoms with Crippen LogP contribution in [-0.2, 0) is 5.41 Å². The summed E-state index contributed by atoms with van der Waals surface area (Å²) >= 11 is 0. The summed E-state index contributed by atoms with van der Waals surface area (Å²) in [5, 5.41) is 7.32. The van der Waals surface area contributed by atoms with Crippen LogP contribution in [0.3, 0.4) is 0 Å². The Bertz CT molecular complexity index is 3750. The van der Waals surface area contributed by atoms with Crippen molar-refractivity contribution in [2.75, 3.05) is 4.90 Å². The van der Waals surface area contributed by atoms with Gasteiger partial charge in [-0.1, -0.05) is 166 Å². The molecule has 0 saturated carbocycles. The molecule has 3 nitrogen and oxygen atoms in total. The minimum Gasteiger partial charge on any atom is -0.455 e. The van der Waals surface area contributed by atoms with Gasteiger partial charge in [0.1, 0.15) is 11.2 Å². The van der Waals surface area contributed by atoms with Gasteiger partial charge in [-0.2, -0.15) is 0 Å². The average molecular weight is 819 g/mol. The molecule has 64 heavy (non-hydrogen) atoms. The lowest BCUT2D eigenvalue weighted by Gasteiger charge is -2.28. The summed E-state index contributed by atoms with van der Waals surface area (Å²) in [5.41, 5.74) is 18.4. The summed E-state index contributed by atoms with van der Waals surface area (Å²) in [6.45, 7) is 4.77. The van der Waals surface area contributed by atoms with Crippen LogP contribution in [0.25, 0.3) is 93.6 Å². The van der Waals surface area contributed by atoms with Crippen molar-refractivity contribution in [3.63, 3.8) is 0 Å². The Kier molecular flexibility index (Phi) is 7.95. The van der Waals surface area contributed by atoms with Crippen LogP contribution in [0.1, 0.15) is 25.0 Å². The molecule has 12 aromatic rings. The van der Waals surface area contributed by atoms with Crippen LogP contribution in [0.4, 0.5) is 17.1 Å². The topological polar surface area (TPSA) is 21.3 Å². The molecular formula is C61H42N2O. The molecule has 1 aliphatic carbocycles. The maximum atomic E-state index is 6.47. The molecule has 10 aromatic carbocycles. The monoisotopic (exact) mass is 818 g/mol. The van der Waals surface area contributed by atoms with Gasteiger partial charge in [-0.25, -0.2) is 0 Å². The molecule has 3 heteroatoms. The van der Waals surface area contributed by atoms with Gasteiger partial charge < -0.3 is 13.9 Å². The molecule has 1 aliphatic rings. The number of anilines is 3. The zero-order chi connectivity index (χ0) is 42.5. The van der Waals surface area contributed by atoms with Gasteiger partial charge in [-0.05, 0) is 116 Å². The maximum absolute atomic E-state index is 6.47. The fourth-order valence-corrected chi connectivity index (χ4v) is 10.7. The number of aromatic nitrogens is 1. The van der Waals surface area contributed by atoms with Gasteiger partial charge in [-0.3, -0.25) is 0 Å². The third-order valence-corrected chi connectivity index (χ3v) is 13.8. The van der Waals surface area contributed by atoms with E-state index in [1.54, 1.807) is 0 Å². The Morgan fingerprint density at radius 2 is 0.906 bits per heavy atom. The highest BCUT2D eigenvalue weighted by Crippen LogP contribution is 2.52. The fraction of sp³-hybridized carbons (Fsp3) is 0.0492. The first kappa shape index (κ1) is 36.5. The lowest BCUT2D eigenvalue weighted by atomic mass is 9.82. The first-order valence-corrected chi connectivity index (χ1v) is 22.2. The van der Waals surface area contributed by atoms with Crippen molar-refractivity contribution >= 4 is 71.6 Å². The Labute approximate surface area is 371 Å². The molecule has 0 atom stereocenters. The van der Waals surface area contributed by atoms with Crippen LogP contribution in [0, 0.1) is 0 Å². The number of furan rings is 1. The van der Waals surface area contributed by atoms with Crippen molar-refractivity contribution < 1.29 is 4.42 Å². The largest absolute Gasteiger partial charge is 0.455 e. The summed E-state index contributed by atoms with van der Waals surface area (Å²) in [6.07, 6.45) is 0. The van der Waals surface area contributed by atoms with Gasteiger partial charge in [0.2, 0.25) is 0 Å². The Morgan fingerprint density at radius 3 is 1.62 bits per heavy atom. The molecule has 2 aromatic heterocycles. The predicted octanol–water partition coefficient (Wildman–Crippen LogP) is 16.9. The molecule has 0 radical (unpaired) electrons. The standard InChI is InChI=1S/C61H42N2O/c1-61(2)55-37-44(33-35-49(55)50-36-34-45(38-56(50)61)63-57-22-8-5-16-51(57)52-17-6-9-23-58(52)63)62(42-29-25-40(26-30-42)47-19-11-14-39-13-3-4-15-46(39)47)43-31-27-41(28-32-43)48-20-12-21-54-53-18-7-10-24-59(53)64-60(48)54/h3-38H,1-2H3. The minimum atomic E-state index is -0.242. The van der Waals surface area contributed by atoms with E-state index in [1.165, 1.54) is 71.6 Å². The van der Waals surface area contributed by atoms with Gasteiger partial charge >= 0.3 is 0 Å². The lowest BCUT2D eigenvalue weighted by Crippen LogP contribution is -2.17. The van der Waals surface area contributed by atoms with E-state index < -0.39 is 0 Å². The molecule has 0 fully saturated rings. The van der Waals surface area contributed by atoms with Gasteiger partial charge in [-0.15, -0.1) is 0 Å². The summed E-state index contributed by atoms with van der Waals surface area (Å²) in [7, 11) is 0. The van der Waals surface area contributed by atoms with Crippen molar-refractivity contribution in [2.24, 2.45) is 0 Å². The Morgan fingerprint density at radius 1 is 0.391 bits per heavy atom. The Balaban J connectivity index is 0.927. The Hall–Kier alpha value is -8.14. The van der Waals surface area contributed by atoms with Gasteiger partial charge in [0.25, 0.3) is 0 Å². The smallest absolute Gasteiger partial charge is 0.143 e. The second kappa shape index (κ2) is 13.9. The van der Waals surface area contributed by atoms with Crippen molar-refractivity contribution in [1.29, 1.82) is 0 Å². The van der Waals surface area contributed by atoms with E-state index in [9.17, 15) is 0 Å². The van der Waals surface area contributed by atoms with Gasteiger partial charge in [0.05, 0.1) is 11.0 Å². The van der Waals surface area contributed by atoms with Crippen LogP contribution >= 0.6 is 0 Å². The van der Waals surface area contributed by atoms with E-state index in [1.807, 2.05) is 12.1 Å². The molecule has 0 bridgehead atoms. The van der Waals surface area contributed by atoms with Crippen LogP contribution in [-0.4, -0.2) is 4.57 Å². The van der Waals surface area contributed by atoms with Crippen molar-refractivity contribution in [3.05, 3.63) is 230 Å². The molecule has 0 unspecified atom stereocenters. The SMILES string of the molecule is CC1(C)c2cc(N(c3ccc(-c4cccc5ccccc45)cc3)c3ccc(-c4cccc5c4oc4ccccc45)cc3)ccc2-c2ccc(-n3c4ccccc4c4ccccc43)cc21. The van der Waals surface area contributed by atoms with Crippen molar-refractivity contribution in [1.82, 2.24) is 4.57 Å². The predicted molar refractivity (Wildman–Crippen MR) is 269 cm³/mol. The van der Waals surface area contributed by atoms with Crippen LogP contribution in [0.15, 0.2) is 223 Å². The van der Waals surface area contributed by atoms with Crippen LogP contribution in [0.5, 0.6) is 0 Å². The van der Waals surface area contributed by atoms with E-state index in [0.717, 1.165) is 50.1 Å². The van der Waals surface area contributed by atoms with Crippen LogP contribution in [0.2, 0.25) is 0 Å². The van der Waals surface area contributed by atoms with E-state index in [-0.39, 0.29) is 5.41 Å². The quantitative estimate of drug-likeness (QED) is 0.167. The number of hydrogen-bond acceptors (Lipinski definition) is 2. The minimum absolute atomic E-state index is 0.242. The first-order valence-electron chi connectivity index (χ1n) is 22.2. The summed E-state index contributed by atoms with van der Waals surface area (Å²) in [6, 6.07) is 79.6. The maximum Gasteiger partial charge on any atom is 0.143 e. The number of benzene rings is 10. The number of fused-ring (bicyclic) bond motifs is 10. The number of hydrogen-bond donors (Lipinski definition) is 0. The summed E-state index contributed by atoms with van der Waals surface area (Å²) < 4.78 is 8.90. The van der Waals surface area contributed by atoms with E-state index in [0.29, 0.717) is 0 Å². The molecule has 0 N–H and O–H groups in total. The molecule has 0 aliphatic heterocycles. The zero-order valence-corrected chi connectivity index (χ0v) is 35.6. The van der Waals surface area contributed by atoms with E-state index in [2.05, 4.69) is 230 Å². The van der Waals surface area contributed by atoms with Crippen LogP contribution < -0.4 is 4.90 Å². The summed E-state index contributed by atoms with van der Waals surface area (Å²) in [4.78, 5) is 2.40. The number of rotatable bonds is 6. The molecule has 2 heterocycles. The third kappa shape index (κ3) is 5.47. The highest BCUT2D eigenvalue weighted by Gasteiger charge is 2.36. The van der Waals surface area contributed by atoms with Crippen molar-refractivity contribution in [3.8, 4) is 39.1 Å². The summed E-state index contributed by atoms with van der Waals surface area (Å²) in [5.74, 6) is 0. The van der Waals surface area contributed by atoms with E-state index >= 15 is 0 Å². The fourth-order valence-electron chi connectivity index (χ4n) is 10.7. The normalized spacial score (nSPS) is 13.0. The molecule has 302 valence electrons. The second-order valence-corrected chi connectivity index (χ2v) is 17.7. The molecule has 0 spiro atoms. The van der Waals surface area contributed by atoms with E-state index in [4.69, 9.17) is 4.42 Å². The van der Waals surface area contributed by atoms with Gasteiger partial charge in [0.15, 0.2) is 0 Å². The zero-order valence-electron chi connectivity index (χ0n) is 35.6. The molecular weight excluding hydrogens is 777 g/mol. The molecule has 0 amide bonds. The lowest BCUT2D eigenvalue weighted by molar-refractivity contribution is 0.660. The second-order valence-electron chi connectivity index (χ2n) is 17.7. The highest BCUT2D eigenvalue weighted by molar-refractivity contribution is 6.10.